The molecule has 2 N–H and O–H groups in total. The van der Waals surface area contributed by atoms with Gasteiger partial charge in [0, 0.05) is 30.7 Å². The fourth-order valence-corrected chi connectivity index (χ4v) is 4.05. The quantitative estimate of drug-likeness (QED) is 0.398. The van der Waals surface area contributed by atoms with Crippen LogP contribution in [0.15, 0.2) is 21.8 Å². The van der Waals surface area contributed by atoms with Crippen molar-refractivity contribution >= 4 is 29.9 Å². The lowest BCUT2D eigenvalue weighted by Gasteiger charge is -2.54. The second-order valence-electron chi connectivity index (χ2n) is 6.50. The standard InChI is InChI=1S/C17H28N4O2.HI/c1-3-18-16(19-12-13-7-10-23-21-13)20-14-11-15(22-4-2)17(14)8-5-6-9-17;/h7,10,14-15H,3-6,8-9,11-12H2,1-2H3,(H2,18,19,20);1H. The topological polar surface area (TPSA) is 71.7 Å². The van der Waals surface area contributed by atoms with Gasteiger partial charge in [0.2, 0.25) is 0 Å². The average molecular weight is 448 g/mol. The number of nitrogens with zero attached hydrogens (tertiary/aromatic N) is 2. The molecule has 0 amide bonds. The highest BCUT2D eigenvalue weighted by atomic mass is 127. The summed E-state index contributed by atoms with van der Waals surface area (Å²) in [7, 11) is 0. The van der Waals surface area contributed by atoms with E-state index in [1.165, 1.54) is 25.7 Å². The van der Waals surface area contributed by atoms with Crippen molar-refractivity contribution in [2.75, 3.05) is 13.2 Å². The van der Waals surface area contributed by atoms with Crippen LogP contribution in [0.4, 0.5) is 0 Å². The van der Waals surface area contributed by atoms with E-state index in [4.69, 9.17) is 9.26 Å². The van der Waals surface area contributed by atoms with Gasteiger partial charge >= 0.3 is 0 Å². The van der Waals surface area contributed by atoms with Gasteiger partial charge in [-0.2, -0.15) is 0 Å². The first kappa shape index (κ1) is 19.5. The summed E-state index contributed by atoms with van der Waals surface area (Å²) in [5.41, 5.74) is 1.15. The largest absolute Gasteiger partial charge is 0.378 e. The molecule has 1 aromatic heterocycles. The van der Waals surface area contributed by atoms with Crippen molar-refractivity contribution in [2.45, 2.75) is 64.6 Å². The molecule has 2 atom stereocenters. The molecule has 1 spiro atoms. The number of ether oxygens (including phenoxy) is 1. The van der Waals surface area contributed by atoms with Gasteiger partial charge in [-0.25, -0.2) is 4.99 Å². The SMILES string of the molecule is CCNC(=NCc1ccon1)NC1CC(OCC)C12CCCC2.I. The maximum absolute atomic E-state index is 5.98. The van der Waals surface area contributed by atoms with Gasteiger partial charge in [0.05, 0.1) is 12.6 Å². The normalized spacial score (nSPS) is 25.2. The van der Waals surface area contributed by atoms with E-state index in [9.17, 15) is 0 Å². The van der Waals surface area contributed by atoms with Crippen LogP contribution in [0.2, 0.25) is 0 Å². The van der Waals surface area contributed by atoms with Crippen molar-refractivity contribution in [3.05, 3.63) is 18.0 Å². The predicted octanol–water partition coefficient (Wildman–Crippen LogP) is 3.09. The van der Waals surface area contributed by atoms with Gasteiger partial charge in [-0.3, -0.25) is 0 Å². The second-order valence-corrected chi connectivity index (χ2v) is 6.50. The van der Waals surface area contributed by atoms with Crippen molar-refractivity contribution < 1.29 is 9.26 Å². The van der Waals surface area contributed by atoms with Crippen molar-refractivity contribution in [3.63, 3.8) is 0 Å². The molecule has 2 aliphatic carbocycles. The first-order chi connectivity index (χ1) is 11.3. The van der Waals surface area contributed by atoms with Crippen LogP contribution in [0.1, 0.15) is 51.6 Å². The highest BCUT2D eigenvalue weighted by molar-refractivity contribution is 14.0. The number of aliphatic imine (C=N–C) groups is 1. The van der Waals surface area contributed by atoms with Gasteiger partial charge in [-0.15, -0.1) is 24.0 Å². The third-order valence-corrected chi connectivity index (χ3v) is 5.23. The first-order valence-electron chi connectivity index (χ1n) is 8.84. The minimum absolute atomic E-state index is 0. The van der Waals surface area contributed by atoms with Crippen LogP contribution in [-0.2, 0) is 11.3 Å². The number of hydrogen-bond donors (Lipinski definition) is 2. The average Bonchev–Trinajstić information content (AvgIpc) is 3.23. The number of nitrogens with one attached hydrogen (secondary N) is 2. The van der Waals surface area contributed by atoms with E-state index in [1.807, 2.05) is 6.07 Å². The van der Waals surface area contributed by atoms with Crippen molar-refractivity contribution in [1.82, 2.24) is 15.8 Å². The number of aromatic nitrogens is 1. The van der Waals surface area contributed by atoms with E-state index in [-0.39, 0.29) is 24.0 Å². The van der Waals surface area contributed by atoms with E-state index in [1.54, 1.807) is 6.26 Å². The Balaban J connectivity index is 0.00000208. The Kier molecular flexibility index (Phi) is 7.34. The van der Waals surface area contributed by atoms with Crippen molar-refractivity contribution in [1.29, 1.82) is 0 Å². The fraction of sp³-hybridized carbons (Fsp3) is 0.765. The van der Waals surface area contributed by atoms with E-state index >= 15 is 0 Å². The second kappa shape index (κ2) is 9.03. The summed E-state index contributed by atoms with van der Waals surface area (Å²) >= 11 is 0. The van der Waals surface area contributed by atoms with Gasteiger partial charge in [0.15, 0.2) is 5.96 Å². The van der Waals surface area contributed by atoms with E-state index < -0.39 is 0 Å². The maximum atomic E-state index is 5.98. The van der Waals surface area contributed by atoms with Crippen molar-refractivity contribution in [3.8, 4) is 0 Å². The molecule has 0 aliphatic heterocycles. The predicted molar refractivity (Wildman–Crippen MR) is 105 cm³/mol. The molecule has 6 nitrogen and oxygen atoms in total. The van der Waals surface area contributed by atoms with Crippen molar-refractivity contribution in [2.24, 2.45) is 10.4 Å². The smallest absolute Gasteiger partial charge is 0.191 e. The molecule has 0 saturated heterocycles. The zero-order chi connectivity index (χ0) is 16.1. The monoisotopic (exact) mass is 448 g/mol. The Labute approximate surface area is 161 Å². The molecular weight excluding hydrogens is 419 g/mol. The Bertz CT molecular complexity index is 515. The molecule has 1 aromatic rings. The summed E-state index contributed by atoms with van der Waals surface area (Å²) in [5.74, 6) is 0.863. The third kappa shape index (κ3) is 4.04. The fourth-order valence-electron chi connectivity index (χ4n) is 4.05. The molecule has 3 rings (SSSR count). The maximum Gasteiger partial charge on any atom is 0.191 e. The molecule has 2 fully saturated rings. The molecule has 1 heterocycles. The van der Waals surface area contributed by atoms with Gasteiger partial charge in [-0.1, -0.05) is 18.0 Å². The summed E-state index contributed by atoms with van der Waals surface area (Å²) in [6, 6.07) is 2.30. The minimum atomic E-state index is 0. The van der Waals surface area contributed by atoms with Crippen LogP contribution >= 0.6 is 24.0 Å². The lowest BCUT2D eigenvalue weighted by atomic mass is 9.60. The molecule has 136 valence electrons. The molecule has 0 bridgehead atoms. The summed E-state index contributed by atoms with van der Waals surface area (Å²) in [5, 5.41) is 10.9. The molecular formula is C17H29IN4O2. The lowest BCUT2D eigenvalue weighted by Crippen LogP contribution is -2.65. The molecule has 2 aliphatic rings. The Hall–Kier alpha value is -0.830. The van der Waals surface area contributed by atoms with Gasteiger partial charge in [0.25, 0.3) is 0 Å². The number of rotatable bonds is 6. The highest BCUT2D eigenvalue weighted by Crippen LogP contribution is 2.54. The van der Waals surface area contributed by atoms with E-state index in [2.05, 4.69) is 34.6 Å². The summed E-state index contributed by atoms with van der Waals surface area (Å²) < 4.78 is 10.8. The molecule has 0 aromatic carbocycles. The Morgan fingerprint density at radius 3 is 2.83 bits per heavy atom. The van der Waals surface area contributed by atoms with Crippen LogP contribution in [-0.4, -0.2) is 36.4 Å². The summed E-state index contributed by atoms with van der Waals surface area (Å²) in [4.78, 5) is 4.63. The molecule has 7 heteroatoms. The van der Waals surface area contributed by atoms with Crippen LogP contribution in [0.25, 0.3) is 0 Å². The van der Waals surface area contributed by atoms with Crippen LogP contribution < -0.4 is 10.6 Å². The Morgan fingerprint density at radius 2 is 2.21 bits per heavy atom. The Morgan fingerprint density at radius 1 is 1.42 bits per heavy atom. The van der Waals surface area contributed by atoms with Gasteiger partial charge in [-0.05, 0) is 33.1 Å². The minimum Gasteiger partial charge on any atom is -0.378 e. The lowest BCUT2D eigenvalue weighted by molar-refractivity contribution is -0.125. The molecule has 0 radical (unpaired) electrons. The van der Waals surface area contributed by atoms with Crippen LogP contribution in [0, 0.1) is 5.41 Å². The summed E-state index contributed by atoms with van der Waals surface area (Å²) in [6.45, 7) is 6.36. The molecule has 2 unspecified atom stereocenters. The third-order valence-electron chi connectivity index (χ3n) is 5.23. The van der Waals surface area contributed by atoms with Gasteiger partial charge in [0.1, 0.15) is 12.0 Å². The van der Waals surface area contributed by atoms with Crippen LogP contribution in [0.3, 0.4) is 0 Å². The van der Waals surface area contributed by atoms with E-state index in [0.717, 1.165) is 31.2 Å². The van der Waals surface area contributed by atoms with E-state index in [0.29, 0.717) is 24.1 Å². The first-order valence-corrected chi connectivity index (χ1v) is 8.84. The number of hydrogen-bond acceptors (Lipinski definition) is 4. The number of halogens is 1. The highest BCUT2D eigenvalue weighted by Gasteiger charge is 2.56. The molecule has 2 saturated carbocycles. The zero-order valence-corrected chi connectivity index (χ0v) is 16.9. The summed E-state index contributed by atoms with van der Waals surface area (Å²) in [6.07, 6.45) is 8.21. The van der Waals surface area contributed by atoms with Gasteiger partial charge < -0.3 is 19.9 Å². The number of guanidine groups is 1. The van der Waals surface area contributed by atoms with Crippen LogP contribution in [0.5, 0.6) is 0 Å². The molecule has 24 heavy (non-hydrogen) atoms. The zero-order valence-electron chi connectivity index (χ0n) is 14.6.